The van der Waals surface area contributed by atoms with Gasteiger partial charge in [0, 0.05) is 20.8 Å². The Balaban J connectivity index is 2.70. The number of hydrazine groups is 1. The molecule has 100 valence electrons. The van der Waals surface area contributed by atoms with Gasteiger partial charge < -0.3 is 9.47 Å². The third-order valence-corrected chi connectivity index (χ3v) is 3.39. The molecule has 0 aromatic rings. The summed E-state index contributed by atoms with van der Waals surface area (Å²) < 4.78 is 10.6. The molecule has 0 aromatic heterocycles. The number of hydrogen-bond donors (Lipinski definition) is 2. The Morgan fingerprint density at radius 1 is 1.59 bits per heavy atom. The van der Waals surface area contributed by atoms with Crippen LogP contribution in [-0.4, -0.2) is 56.4 Å². The van der Waals surface area contributed by atoms with Crippen molar-refractivity contribution in [1.82, 2.24) is 10.3 Å². The SMILES string of the molecule is COCC(C(=O)NN)N1CCCC(C)(OC)C1. The van der Waals surface area contributed by atoms with Crippen LogP contribution in [-0.2, 0) is 14.3 Å². The van der Waals surface area contributed by atoms with E-state index in [1.54, 1.807) is 14.2 Å². The van der Waals surface area contributed by atoms with Gasteiger partial charge >= 0.3 is 0 Å². The van der Waals surface area contributed by atoms with Gasteiger partial charge in [-0.05, 0) is 26.3 Å². The van der Waals surface area contributed by atoms with E-state index in [0.29, 0.717) is 13.2 Å². The molecule has 0 bridgehead atoms. The summed E-state index contributed by atoms with van der Waals surface area (Å²) in [6.45, 7) is 3.97. The fourth-order valence-electron chi connectivity index (χ4n) is 2.28. The molecule has 3 N–H and O–H groups in total. The average Bonchev–Trinajstić information content (AvgIpc) is 2.35. The number of carbonyl (C=O) groups excluding carboxylic acids is 1. The predicted molar refractivity (Wildman–Crippen MR) is 64.2 cm³/mol. The van der Waals surface area contributed by atoms with Crippen molar-refractivity contribution in [2.24, 2.45) is 5.84 Å². The number of methoxy groups -OCH3 is 2. The van der Waals surface area contributed by atoms with Crippen LogP contribution in [0.4, 0.5) is 0 Å². The van der Waals surface area contributed by atoms with Crippen LogP contribution in [0.2, 0.25) is 0 Å². The van der Waals surface area contributed by atoms with E-state index in [0.717, 1.165) is 19.4 Å². The molecule has 0 radical (unpaired) electrons. The zero-order valence-electron chi connectivity index (χ0n) is 10.9. The highest BCUT2D eigenvalue weighted by Crippen LogP contribution is 2.25. The number of hydrogen-bond acceptors (Lipinski definition) is 5. The van der Waals surface area contributed by atoms with E-state index in [-0.39, 0.29) is 17.6 Å². The van der Waals surface area contributed by atoms with E-state index in [2.05, 4.69) is 17.2 Å². The molecule has 1 fully saturated rings. The van der Waals surface area contributed by atoms with Gasteiger partial charge in [-0.1, -0.05) is 0 Å². The summed E-state index contributed by atoms with van der Waals surface area (Å²) >= 11 is 0. The second-order valence-electron chi connectivity index (χ2n) is 4.71. The molecule has 0 aliphatic carbocycles. The maximum Gasteiger partial charge on any atom is 0.253 e. The second-order valence-corrected chi connectivity index (χ2v) is 4.71. The van der Waals surface area contributed by atoms with Crippen LogP contribution >= 0.6 is 0 Å². The number of nitrogens with one attached hydrogen (secondary N) is 1. The number of rotatable bonds is 5. The third kappa shape index (κ3) is 3.64. The van der Waals surface area contributed by atoms with Crippen molar-refractivity contribution in [2.45, 2.75) is 31.4 Å². The first-order valence-corrected chi connectivity index (χ1v) is 5.85. The van der Waals surface area contributed by atoms with Crippen LogP contribution in [0.5, 0.6) is 0 Å². The van der Waals surface area contributed by atoms with Gasteiger partial charge in [-0.3, -0.25) is 15.1 Å². The first-order chi connectivity index (χ1) is 8.06. The summed E-state index contributed by atoms with van der Waals surface area (Å²) in [7, 11) is 3.29. The number of piperidine rings is 1. The van der Waals surface area contributed by atoms with Crippen LogP contribution in [0.15, 0.2) is 0 Å². The number of carbonyl (C=O) groups is 1. The van der Waals surface area contributed by atoms with Crippen molar-refractivity contribution in [1.29, 1.82) is 0 Å². The standard InChI is InChI=1S/C11H23N3O3/c1-11(17-3)5-4-6-14(8-11)9(7-16-2)10(15)13-12/h9H,4-8,12H2,1-3H3,(H,13,15). The van der Waals surface area contributed by atoms with Crippen molar-refractivity contribution in [3.8, 4) is 0 Å². The van der Waals surface area contributed by atoms with Crippen LogP contribution in [0, 0.1) is 0 Å². The van der Waals surface area contributed by atoms with Gasteiger partial charge in [-0.25, -0.2) is 5.84 Å². The molecule has 1 heterocycles. The lowest BCUT2D eigenvalue weighted by molar-refractivity contribution is -0.133. The summed E-state index contributed by atoms with van der Waals surface area (Å²) in [5, 5.41) is 0. The van der Waals surface area contributed by atoms with Crippen LogP contribution in [0.25, 0.3) is 0 Å². The first-order valence-electron chi connectivity index (χ1n) is 5.85. The van der Waals surface area contributed by atoms with Gasteiger partial charge in [0.15, 0.2) is 0 Å². The number of amides is 1. The molecule has 0 spiro atoms. The lowest BCUT2D eigenvalue weighted by Gasteiger charge is -2.42. The predicted octanol–water partition coefficient (Wildman–Crippen LogP) is -0.508. The normalized spacial score (nSPS) is 27.8. The molecule has 2 atom stereocenters. The number of likely N-dealkylation sites (tertiary alicyclic amines) is 1. The maximum atomic E-state index is 11.7. The smallest absolute Gasteiger partial charge is 0.253 e. The Labute approximate surface area is 102 Å². The molecular formula is C11H23N3O3. The van der Waals surface area contributed by atoms with Crippen molar-refractivity contribution in [2.75, 3.05) is 33.9 Å². The van der Waals surface area contributed by atoms with Crippen molar-refractivity contribution >= 4 is 5.91 Å². The largest absolute Gasteiger partial charge is 0.383 e. The molecule has 1 rings (SSSR count). The minimum Gasteiger partial charge on any atom is -0.383 e. The van der Waals surface area contributed by atoms with Gasteiger partial charge in [0.25, 0.3) is 5.91 Å². The number of ether oxygens (including phenoxy) is 2. The van der Waals surface area contributed by atoms with Crippen LogP contribution in [0.3, 0.4) is 0 Å². The molecule has 17 heavy (non-hydrogen) atoms. The lowest BCUT2D eigenvalue weighted by atomic mass is 9.93. The highest BCUT2D eigenvalue weighted by molar-refractivity contribution is 5.81. The van der Waals surface area contributed by atoms with E-state index in [9.17, 15) is 4.79 Å². The zero-order chi connectivity index (χ0) is 12.9. The molecule has 0 aromatic carbocycles. The highest BCUT2D eigenvalue weighted by Gasteiger charge is 2.36. The zero-order valence-corrected chi connectivity index (χ0v) is 10.9. The summed E-state index contributed by atoms with van der Waals surface area (Å²) in [6.07, 6.45) is 2.01. The van der Waals surface area contributed by atoms with Gasteiger partial charge in [0.2, 0.25) is 0 Å². The van der Waals surface area contributed by atoms with Crippen LogP contribution < -0.4 is 11.3 Å². The number of nitrogens with two attached hydrogens (primary N) is 1. The quantitative estimate of drug-likeness (QED) is 0.388. The minimum absolute atomic E-state index is 0.195. The summed E-state index contributed by atoms with van der Waals surface area (Å²) in [5.41, 5.74) is 2.00. The fourth-order valence-corrected chi connectivity index (χ4v) is 2.28. The molecule has 1 amide bonds. The highest BCUT2D eigenvalue weighted by atomic mass is 16.5. The van der Waals surface area contributed by atoms with Gasteiger partial charge in [0.05, 0.1) is 12.2 Å². The van der Waals surface area contributed by atoms with E-state index >= 15 is 0 Å². The molecule has 1 aliphatic heterocycles. The van der Waals surface area contributed by atoms with Gasteiger partial charge in [0.1, 0.15) is 6.04 Å². The molecule has 0 saturated carbocycles. The molecule has 6 nitrogen and oxygen atoms in total. The molecule has 6 heteroatoms. The molecule has 1 aliphatic rings. The van der Waals surface area contributed by atoms with Crippen molar-refractivity contribution in [3.05, 3.63) is 0 Å². The monoisotopic (exact) mass is 245 g/mol. The fraction of sp³-hybridized carbons (Fsp3) is 0.909. The van der Waals surface area contributed by atoms with Crippen LogP contribution in [0.1, 0.15) is 19.8 Å². The van der Waals surface area contributed by atoms with E-state index < -0.39 is 0 Å². The number of nitrogens with zero attached hydrogens (tertiary/aromatic N) is 1. The Morgan fingerprint density at radius 3 is 2.82 bits per heavy atom. The maximum absolute atomic E-state index is 11.7. The molecular weight excluding hydrogens is 222 g/mol. The van der Waals surface area contributed by atoms with E-state index in [4.69, 9.17) is 15.3 Å². The van der Waals surface area contributed by atoms with Gasteiger partial charge in [-0.2, -0.15) is 0 Å². The Hall–Kier alpha value is -0.690. The Kier molecular flexibility index (Phi) is 5.32. The second kappa shape index (κ2) is 6.30. The minimum atomic E-state index is -0.347. The summed E-state index contributed by atoms with van der Waals surface area (Å²) in [6, 6.07) is -0.347. The topological polar surface area (TPSA) is 76.8 Å². The summed E-state index contributed by atoms with van der Waals surface area (Å²) in [5.74, 6) is 4.98. The van der Waals surface area contributed by atoms with Crippen molar-refractivity contribution in [3.63, 3.8) is 0 Å². The lowest BCUT2D eigenvalue weighted by Crippen LogP contribution is -2.57. The van der Waals surface area contributed by atoms with Crippen molar-refractivity contribution < 1.29 is 14.3 Å². The average molecular weight is 245 g/mol. The van der Waals surface area contributed by atoms with Gasteiger partial charge in [-0.15, -0.1) is 0 Å². The third-order valence-electron chi connectivity index (χ3n) is 3.39. The summed E-state index contributed by atoms with van der Waals surface area (Å²) in [4.78, 5) is 13.8. The molecule has 2 unspecified atom stereocenters. The Morgan fingerprint density at radius 2 is 2.29 bits per heavy atom. The van der Waals surface area contributed by atoms with E-state index in [1.165, 1.54) is 0 Å². The Bertz CT molecular complexity index is 262. The first kappa shape index (κ1) is 14.4. The van der Waals surface area contributed by atoms with E-state index in [1.807, 2.05) is 0 Å². The molecule has 1 saturated heterocycles.